The fourth-order valence-corrected chi connectivity index (χ4v) is 1.32. The van der Waals surface area contributed by atoms with Gasteiger partial charge in [-0.2, -0.15) is 0 Å². The molecule has 0 amide bonds. The van der Waals surface area contributed by atoms with Crippen LogP contribution in [0.2, 0.25) is 0 Å². The van der Waals surface area contributed by atoms with Gasteiger partial charge < -0.3 is 0 Å². The standard InChI is InChI=1S/C6H15NS.ClH/c1-4-7(5-2)8-6-3;/h4-6H2,1-3H3;1H. The highest BCUT2D eigenvalue weighted by Crippen LogP contribution is 2.05. The molecule has 9 heavy (non-hydrogen) atoms. The van der Waals surface area contributed by atoms with E-state index in [1.807, 2.05) is 11.9 Å². The third-order valence-corrected chi connectivity index (χ3v) is 2.16. The molecule has 0 aromatic heterocycles. The third kappa shape index (κ3) is 6.49. The summed E-state index contributed by atoms with van der Waals surface area (Å²) in [7, 11) is 0. The van der Waals surface area contributed by atoms with Crippen molar-refractivity contribution in [3.05, 3.63) is 0 Å². The summed E-state index contributed by atoms with van der Waals surface area (Å²) >= 11 is 1.91. The van der Waals surface area contributed by atoms with E-state index in [0.717, 1.165) is 13.1 Å². The zero-order valence-corrected chi connectivity index (χ0v) is 8.02. The molecule has 1 nitrogen and oxygen atoms in total. The quantitative estimate of drug-likeness (QED) is 0.595. The lowest BCUT2D eigenvalue weighted by molar-refractivity contribution is 0.525. The molecule has 0 aliphatic rings. The normalized spacial score (nSPS) is 9.33. The average Bonchev–Trinajstić information content (AvgIpc) is 1.83. The smallest absolute Gasteiger partial charge is 0.00607 e. The Kier molecular flexibility index (Phi) is 11.7. The van der Waals surface area contributed by atoms with Gasteiger partial charge in [-0.15, -0.1) is 12.4 Å². The molecule has 0 unspecified atom stereocenters. The Bertz CT molecular complexity index is 48.3. The summed E-state index contributed by atoms with van der Waals surface area (Å²) in [5, 5.41) is 0. The van der Waals surface area contributed by atoms with Crippen molar-refractivity contribution in [3.63, 3.8) is 0 Å². The predicted octanol–water partition coefficient (Wildman–Crippen LogP) is 2.42. The number of nitrogens with zero attached hydrogens (tertiary/aromatic N) is 1. The first-order chi connectivity index (χ1) is 3.85. The lowest BCUT2D eigenvalue weighted by atomic mass is 10.7. The van der Waals surface area contributed by atoms with Crippen LogP contribution in [0, 0.1) is 0 Å². The largest absolute Gasteiger partial charge is 0.251 e. The second-order valence-electron chi connectivity index (χ2n) is 1.53. The first-order valence-corrected chi connectivity index (χ1v) is 4.17. The van der Waals surface area contributed by atoms with Gasteiger partial charge in [0.25, 0.3) is 0 Å². The van der Waals surface area contributed by atoms with E-state index in [9.17, 15) is 0 Å². The monoisotopic (exact) mass is 169 g/mol. The molecule has 0 aliphatic carbocycles. The van der Waals surface area contributed by atoms with E-state index in [-0.39, 0.29) is 12.4 Å². The van der Waals surface area contributed by atoms with Gasteiger partial charge in [0.2, 0.25) is 0 Å². The van der Waals surface area contributed by atoms with Crippen molar-refractivity contribution in [1.82, 2.24) is 4.31 Å². The lowest BCUT2D eigenvalue weighted by Gasteiger charge is -2.14. The summed E-state index contributed by atoms with van der Waals surface area (Å²) in [5.41, 5.74) is 0. The molecule has 0 bridgehead atoms. The van der Waals surface area contributed by atoms with Crippen LogP contribution in [0.3, 0.4) is 0 Å². The minimum Gasteiger partial charge on any atom is -0.251 e. The molecular weight excluding hydrogens is 154 g/mol. The Labute approximate surface area is 68.7 Å². The van der Waals surface area contributed by atoms with E-state index in [0.29, 0.717) is 0 Å². The summed E-state index contributed by atoms with van der Waals surface area (Å²) in [6.07, 6.45) is 0. The molecule has 0 saturated carbocycles. The molecular formula is C6H16ClNS. The van der Waals surface area contributed by atoms with Gasteiger partial charge in [-0.05, 0) is 0 Å². The van der Waals surface area contributed by atoms with Crippen LogP contribution in [0.4, 0.5) is 0 Å². The van der Waals surface area contributed by atoms with Gasteiger partial charge in [0.05, 0.1) is 0 Å². The van der Waals surface area contributed by atoms with Crippen LogP contribution in [0.5, 0.6) is 0 Å². The van der Waals surface area contributed by atoms with Crippen LogP contribution in [0.15, 0.2) is 0 Å². The topological polar surface area (TPSA) is 3.24 Å². The molecule has 0 heterocycles. The summed E-state index contributed by atoms with van der Waals surface area (Å²) in [4.78, 5) is 0. The SMILES string of the molecule is CCSN(CC)CC.Cl. The summed E-state index contributed by atoms with van der Waals surface area (Å²) in [6, 6.07) is 0. The second-order valence-corrected chi connectivity index (χ2v) is 2.88. The number of hydrogen-bond acceptors (Lipinski definition) is 2. The molecule has 0 fully saturated rings. The Morgan fingerprint density at radius 1 is 1.11 bits per heavy atom. The van der Waals surface area contributed by atoms with Crippen LogP contribution in [0.25, 0.3) is 0 Å². The van der Waals surface area contributed by atoms with Crippen LogP contribution >= 0.6 is 24.4 Å². The van der Waals surface area contributed by atoms with Crippen molar-refractivity contribution in [2.75, 3.05) is 18.8 Å². The van der Waals surface area contributed by atoms with Crippen LogP contribution < -0.4 is 0 Å². The van der Waals surface area contributed by atoms with Gasteiger partial charge in [-0.3, -0.25) is 4.31 Å². The van der Waals surface area contributed by atoms with Gasteiger partial charge in [0, 0.05) is 18.8 Å². The molecule has 0 aromatic carbocycles. The second kappa shape index (κ2) is 8.60. The fraction of sp³-hybridized carbons (Fsp3) is 1.00. The van der Waals surface area contributed by atoms with Gasteiger partial charge >= 0.3 is 0 Å². The molecule has 0 aromatic rings. The molecule has 3 heteroatoms. The zero-order chi connectivity index (χ0) is 6.41. The van der Waals surface area contributed by atoms with E-state index in [4.69, 9.17) is 0 Å². The summed E-state index contributed by atoms with van der Waals surface area (Å²) in [5.74, 6) is 1.20. The third-order valence-electron chi connectivity index (χ3n) is 1.02. The summed E-state index contributed by atoms with van der Waals surface area (Å²) in [6.45, 7) is 8.88. The maximum absolute atomic E-state index is 2.35. The van der Waals surface area contributed by atoms with E-state index >= 15 is 0 Å². The molecule has 0 atom stereocenters. The van der Waals surface area contributed by atoms with Crippen molar-refractivity contribution < 1.29 is 0 Å². The highest BCUT2D eigenvalue weighted by Gasteiger charge is 1.93. The van der Waals surface area contributed by atoms with E-state index < -0.39 is 0 Å². The highest BCUT2D eigenvalue weighted by atomic mass is 35.5. The van der Waals surface area contributed by atoms with Gasteiger partial charge in [0.15, 0.2) is 0 Å². The minimum atomic E-state index is 0. The molecule has 0 N–H and O–H groups in total. The average molecular weight is 170 g/mol. The number of rotatable bonds is 4. The minimum absolute atomic E-state index is 0. The first-order valence-electron chi connectivity index (χ1n) is 3.23. The van der Waals surface area contributed by atoms with E-state index in [2.05, 4.69) is 25.1 Å². The molecule has 58 valence electrons. The maximum atomic E-state index is 2.35. The lowest BCUT2D eigenvalue weighted by Crippen LogP contribution is -2.13. The first kappa shape index (κ1) is 12.3. The number of halogens is 1. The Balaban J connectivity index is 0. The van der Waals surface area contributed by atoms with Gasteiger partial charge in [-0.1, -0.05) is 32.7 Å². The van der Waals surface area contributed by atoms with Crippen molar-refractivity contribution in [3.8, 4) is 0 Å². The molecule has 0 radical (unpaired) electrons. The fourth-order valence-electron chi connectivity index (χ4n) is 0.589. The number of hydrogen-bond donors (Lipinski definition) is 0. The van der Waals surface area contributed by atoms with Crippen molar-refractivity contribution in [2.45, 2.75) is 20.8 Å². The molecule has 0 spiro atoms. The van der Waals surface area contributed by atoms with Crippen LogP contribution in [-0.2, 0) is 0 Å². The van der Waals surface area contributed by atoms with E-state index in [1.54, 1.807) is 0 Å². The van der Waals surface area contributed by atoms with Gasteiger partial charge in [0.1, 0.15) is 0 Å². The maximum Gasteiger partial charge on any atom is 0.00607 e. The highest BCUT2D eigenvalue weighted by molar-refractivity contribution is 7.96. The summed E-state index contributed by atoms with van der Waals surface area (Å²) < 4.78 is 2.35. The Hall–Kier alpha value is 0.600. The van der Waals surface area contributed by atoms with Crippen molar-refractivity contribution in [1.29, 1.82) is 0 Å². The van der Waals surface area contributed by atoms with Crippen molar-refractivity contribution >= 4 is 24.4 Å². The van der Waals surface area contributed by atoms with Crippen molar-refractivity contribution in [2.24, 2.45) is 0 Å². The zero-order valence-electron chi connectivity index (χ0n) is 6.39. The molecule has 0 saturated heterocycles. The van der Waals surface area contributed by atoms with Gasteiger partial charge in [-0.25, -0.2) is 0 Å². The Morgan fingerprint density at radius 3 is 1.67 bits per heavy atom. The van der Waals surface area contributed by atoms with Crippen LogP contribution in [0.1, 0.15) is 20.8 Å². The molecule has 0 rings (SSSR count). The Morgan fingerprint density at radius 2 is 1.56 bits per heavy atom. The predicted molar refractivity (Wildman–Crippen MR) is 48.3 cm³/mol. The van der Waals surface area contributed by atoms with E-state index in [1.165, 1.54) is 5.75 Å². The van der Waals surface area contributed by atoms with Crippen LogP contribution in [-0.4, -0.2) is 23.1 Å². The molecule has 0 aliphatic heterocycles.